The molecule has 5 heteroatoms. The number of hydrogen-bond donors (Lipinski definition) is 1. The molecule has 5 nitrogen and oxygen atoms in total. The lowest BCUT2D eigenvalue weighted by atomic mass is 10.0. The van der Waals surface area contributed by atoms with Gasteiger partial charge >= 0.3 is 0 Å². The number of nitrogens with zero attached hydrogens (tertiary/aromatic N) is 3. The first-order valence-corrected chi connectivity index (χ1v) is 8.79. The highest BCUT2D eigenvalue weighted by molar-refractivity contribution is 5.76. The van der Waals surface area contributed by atoms with Crippen molar-refractivity contribution >= 4 is 5.91 Å². The summed E-state index contributed by atoms with van der Waals surface area (Å²) in [6, 6.07) is 8.16. The molecule has 126 valence electrons. The number of amides is 1. The molecule has 2 aromatic heterocycles. The highest BCUT2D eigenvalue weighted by Crippen LogP contribution is 2.32. The number of pyridine rings is 1. The summed E-state index contributed by atoms with van der Waals surface area (Å²) >= 11 is 0. The molecule has 1 amide bonds. The first kappa shape index (κ1) is 15.4. The summed E-state index contributed by atoms with van der Waals surface area (Å²) in [5.74, 6) is 1.58. The lowest BCUT2D eigenvalue weighted by Crippen LogP contribution is -2.33. The minimum atomic E-state index is 0.296. The molecular formula is C19H24N4O. The number of carbonyl (C=O) groups is 1. The summed E-state index contributed by atoms with van der Waals surface area (Å²) in [5.41, 5.74) is 2.42. The topological polar surface area (TPSA) is 52.2 Å². The van der Waals surface area contributed by atoms with E-state index >= 15 is 0 Å². The van der Waals surface area contributed by atoms with Gasteiger partial charge in [0.25, 0.3) is 0 Å². The molecule has 24 heavy (non-hydrogen) atoms. The molecule has 2 unspecified atom stereocenters. The average Bonchev–Trinajstić information content (AvgIpc) is 3.30. The van der Waals surface area contributed by atoms with Crippen molar-refractivity contribution in [2.75, 3.05) is 26.2 Å². The van der Waals surface area contributed by atoms with Crippen molar-refractivity contribution in [1.82, 2.24) is 19.8 Å². The molecule has 2 aromatic rings. The SMILES string of the molecule is O=C(CCc1cccnc1)N1CC2CN(Cc3ccc[nH]3)CC2C1. The van der Waals surface area contributed by atoms with Crippen molar-refractivity contribution in [1.29, 1.82) is 0 Å². The van der Waals surface area contributed by atoms with Crippen LogP contribution in [0.1, 0.15) is 17.7 Å². The number of aromatic amines is 1. The molecule has 2 fully saturated rings. The van der Waals surface area contributed by atoms with Gasteiger partial charge in [-0.3, -0.25) is 14.7 Å². The van der Waals surface area contributed by atoms with Gasteiger partial charge in [0.05, 0.1) is 0 Å². The quantitative estimate of drug-likeness (QED) is 0.914. The van der Waals surface area contributed by atoms with Crippen LogP contribution in [0.3, 0.4) is 0 Å². The Morgan fingerprint density at radius 3 is 2.67 bits per heavy atom. The summed E-state index contributed by atoms with van der Waals surface area (Å²) in [4.78, 5) is 24.5. The maximum absolute atomic E-state index is 12.5. The molecule has 2 saturated heterocycles. The maximum Gasteiger partial charge on any atom is 0.222 e. The highest BCUT2D eigenvalue weighted by atomic mass is 16.2. The molecule has 4 rings (SSSR count). The van der Waals surface area contributed by atoms with Crippen LogP contribution in [0.5, 0.6) is 0 Å². The fourth-order valence-electron chi connectivity index (χ4n) is 4.09. The van der Waals surface area contributed by atoms with Crippen molar-refractivity contribution in [3.8, 4) is 0 Å². The van der Waals surface area contributed by atoms with Crippen LogP contribution in [0.25, 0.3) is 0 Å². The van der Waals surface area contributed by atoms with Crippen LogP contribution >= 0.6 is 0 Å². The van der Waals surface area contributed by atoms with Crippen molar-refractivity contribution in [3.63, 3.8) is 0 Å². The fraction of sp³-hybridized carbons (Fsp3) is 0.474. The van der Waals surface area contributed by atoms with Gasteiger partial charge in [0.15, 0.2) is 0 Å². The molecule has 0 aromatic carbocycles. The summed E-state index contributed by atoms with van der Waals surface area (Å²) < 4.78 is 0. The highest BCUT2D eigenvalue weighted by Gasteiger charge is 2.41. The molecule has 0 spiro atoms. The molecule has 4 heterocycles. The van der Waals surface area contributed by atoms with Crippen molar-refractivity contribution in [2.45, 2.75) is 19.4 Å². The van der Waals surface area contributed by atoms with Crippen LogP contribution in [-0.2, 0) is 17.8 Å². The number of aryl methyl sites for hydroxylation is 1. The Bertz CT molecular complexity index is 656. The monoisotopic (exact) mass is 324 g/mol. The van der Waals surface area contributed by atoms with E-state index in [4.69, 9.17) is 0 Å². The number of rotatable bonds is 5. The molecule has 0 aliphatic carbocycles. The Balaban J connectivity index is 1.25. The van der Waals surface area contributed by atoms with E-state index in [1.807, 2.05) is 24.5 Å². The van der Waals surface area contributed by atoms with E-state index in [-0.39, 0.29) is 0 Å². The maximum atomic E-state index is 12.5. The van der Waals surface area contributed by atoms with E-state index < -0.39 is 0 Å². The lowest BCUT2D eigenvalue weighted by Gasteiger charge is -2.21. The lowest BCUT2D eigenvalue weighted by molar-refractivity contribution is -0.130. The minimum absolute atomic E-state index is 0.296. The standard InChI is InChI=1S/C19H24N4O/c24-19(6-5-15-3-1-7-20-9-15)23-12-16-10-22(11-17(16)13-23)14-18-4-2-8-21-18/h1-4,7-9,16-17,21H,5-6,10-14H2. The predicted octanol–water partition coefficient (Wildman–Crippen LogP) is 1.93. The van der Waals surface area contributed by atoms with Crippen LogP contribution in [0.4, 0.5) is 0 Å². The van der Waals surface area contributed by atoms with Crippen LogP contribution in [0.15, 0.2) is 42.9 Å². The van der Waals surface area contributed by atoms with Gasteiger partial charge in [0, 0.05) is 63.4 Å². The number of nitrogens with one attached hydrogen (secondary N) is 1. The number of hydrogen-bond acceptors (Lipinski definition) is 3. The number of fused-ring (bicyclic) bond motifs is 1. The fourth-order valence-corrected chi connectivity index (χ4v) is 4.09. The predicted molar refractivity (Wildman–Crippen MR) is 92.2 cm³/mol. The summed E-state index contributed by atoms with van der Waals surface area (Å²) in [6.45, 7) is 5.07. The Morgan fingerprint density at radius 2 is 2.00 bits per heavy atom. The molecule has 1 N–H and O–H groups in total. The third-order valence-electron chi connectivity index (χ3n) is 5.32. The van der Waals surface area contributed by atoms with Crippen molar-refractivity contribution in [3.05, 3.63) is 54.1 Å². The van der Waals surface area contributed by atoms with Crippen LogP contribution in [0.2, 0.25) is 0 Å². The largest absolute Gasteiger partial charge is 0.364 e. The third-order valence-corrected chi connectivity index (χ3v) is 5.32. The van der Waals surface area contributed by atoms with Crippen molar-refractivity contribution in [2.24, 2.45) is 11.8 Å². The van der Waals surface area contributed by atoms with Gasteiger partial charge in [0.2, 0.25) is 5.91 Å². The van der Waals surface area contributed by atoms with Crippen LogP contribution < -0.4 is 0 Å². The summed E-state index contributed by atoms with van der Waals surface area (Å²) in [7, 11) is 0. The van der Waals surface area contributed by atoms with E-state index in [1.54, 1.807) is 6.20 Å². The Hall–Kier alpha value is -2.14. The summed E-state index contributed by atoms with van der Waals surface area (Å²) in [6.07, 6.45) is 6.99. The van der Waals surface area contributed by atoms with Gasteiger partial charge in [-0.05, 0) is 42.0 Å². The van der Waals surface area contributed by atoms with Crippen LogP contribution in [0, 0.1) is 11.8 Å². The van der Waals surface area contributed by atoms with Gasteiger partial charge in [-0.25, -0.2) is 0 Å². The third kappa shape index (κ3) is 3.36. The number of H-pyrrole nitrogens is 1. The Kier molecular flexibility index (Phi) is 4.34. The second kappa shape index (κ2) is 6.77. The second-order valence-corrected chi connectivity index (χ2v) is 7.07. The molecule has 0 radical (unpaired) electrons. The van der Waals surface area contributed by atoms with Gasteiger partial charge < -0.3 is 9.88 Å². The minimum Gasteiger partial charge on any atom is -0.364 e. The molecule has 2 atom stereocenters. The normalized spacial score (nSPS) is 23.6. The molecular weight excluding hydrogens is 300 g/mol. The first-order chi connectivity index (χ1) is 11.8. The van der Waals surface area contributed by atoms with E-state index in [1.165, 1.54) is 5.69 Å². The first-order valence-electron chi connectivity index (χ1n) is 8.79. The average molecular weight is 324 g/mol. The Morgan fingerprint density at radius 1 is 1.17 bits per heavy atom. The molecule has 2 aliphatic rings. The molecule has 0 bridgehead atoms. The zero-order chi connectivity index (χ0) is 16.4. The molecule has 2 aliphatic heterocycles. The zero-order valence-electron chi connectivity index (χ0n) is 13.9. The van der Waals surface area contributed by atoms with Gasteiger partial charge in [-0.2, -0.15) is 0 Å². The second-order valence-electron chi connectivity index (χ2n) is 7.07. The van der Waals surface area contributed by atoms with Gasteiger partial charge in [-0.15, -0.1) is 0 Å². The van der Waals surface area contributed by atoms with Crippen molar-refractivity contribution < 1.29 is 4.79 Å². The van der Waals surface area contributed by atoms with E-state index in [0.29, 0.717) is 24.2 Å². The van der Waals surface area contributed by atoms with E-state index in [2.05, 4.69) is 31.9 Å². The van der Waals surface area contributed by atoms with Gasteiger partial charge in [0.1, 0.15) is 0 Å². The van der Waals surface area contributed by atoms with E-state index in [0.717, 1.165) is 44.7 Å². The molecule has 0 saturated carbocycles. The Labute approximate surface area is 142 Å². The number of likely N-dealkylation sites (tertiary alicyclic amines) is 2. The van der Waals surface area contributed by atoms with Crippen LogP contribution in [-0.4, -0.2) is 51.9 Å². The zero-order valence-corrected chi connectivity index (χ0v) is 13.9. The number of carbonyl (C=O) groups excluding carboxylic acids is 1. The summed E-state index contributed by atoms with van der Waals surface area (Å²) in [5, 5.41) is 0. The smallest absolute Gasteiger partial charge is 0.222 e. The van der Waals surface area contributed by atoms with E-state index in [9.17, 15) is 4.79 Å². The van der Waals surface area contributed by atoms with Gasteiger partial charge in [-0.1, -0.05) is 6.07 Å². The number of aromatic nitrogens is 2.